The van der Waals surface area contributed by atoms with Crippen LogP contribution in [0.25, 0.3) is 0 Å². The SMILES string of the molecule is CC(O)(CNC(=O)CSc1ccc2c(c1)CCC2)c1ccco1. The van der Waals surface area contributed by atoms with Crippen LogP contribution in [0.4, 0.5) is 0 Å². The van der Waals surface area contributed by atoms with Gasteiger partial charge in [0.2, 0.25) is 5.91 Å². The summed E-state index contributed by atoms with van der Waals surface area (Å²) in [6.07, 6.45) is 5.05. The molecule has 0 saturated carbocycles. The Kier molecular flexibility index (Phi) is 4.78. The molecule has 0 saturated heterocycles. The Hall–Kier alpha value is -1.72. The number of aryl methyl sites for hydroxylation is 2. The first-order chi connectivity index (χ1) is 11.0. The summed E-state index contributed by atoms with van der Waals surface area (Å²) in [5, 5.41) is 13.1. The summed E-state index contributed by atoms with van der Waals surface area (Å²) in [6, 6.07) is 9.87. The molecule has 1 amide bonds. The van der Waals surface area contributed by atoms with Gasteiger partial charge >= 0.3 is 0 Å². The van der Waals surface area contributed by atoms with E-state index in [-0.39, 0.29) is 12.5 Å². The highest BCUT2D eigenvalue weighted by atomic mass is 32.2. The number of carbonyl (C=O) groups is 1. The number of rotatable bonds is 6. The van der Waals surface area contributed by atoms with Crippen LogP contribution < -0.4 is 5.32 Å². The Bertz CT molecular complexity index is 680. The van der Waals surface area contributed by atoms with Gasteiger partial charge in [-0.1, -0.05) is 6.07 Å². The standard InChI is InChI=1S/C18H21NO3S/c1-18(21,16-6-3-9-22-16)12-19-17(20)11-23-15-8-7-13-4-2-5-14(13)10-15/h3,6-10,21H,2,4-5,11-12H2,1H3,(H,19,20). The molecule has 1 atom stereocenters. The van der Waals surface area contributed by atoms with E-state index in [0.29, 0.717) is 11.5 Å². The van der Waals surface area contributed by atoms with E-state index < -0.39 is 5.60 Å². The zero-order valence-corrected chi connectivity index (χ0v) is 14.0. The maximum absolute atomic E-state index is 12.0. The van der Waals surface area contributed by atoms with Crippen LogP contribution in [0.2, 0.25) is 0 Å². The van der Waals surface area contributed by atoms with Gasteiger partial charge in [0.05, 0.1) is 18.6 Å². The molecule has 1 aromatic carbocycles. The summed E-state index contributed by atoms with van der Waals surface area (Å²) in [5.74, 6) is 0.693. The lowest BCUT2D eigenvalue weighted by atomic mass is 10.0. The number of aliphatic hydroxyl groups is 1. The van der Waals surface area contributed by atoms with Crippen LogP contribution in [0, 0.1) is 0 Å². The predicted molar refractivity (Wildman–Crippen MR) is 90.5 cm³/mol. The average molecular weight is 331 g/mol. The molecule has 0 aliphatic heterocycles. The molecular weight excluding hydrogens is 310 g/mol. The molecule has 1 aliphatic carbocycles. The van der Waals surface area contributed by atoms with Gasteiger partial charge < -0.3 is 14.8 Å². The highest BCUT2D eigenvalue weighted by Gasteiger charge is 2.26. The second kappa shape index (κ2) is 6.81. The topological polar surface area (TPSA) is 62.5 Å². The van der Waals surface area contributed by atoms with E-state index in [1.165, 1.54) is 42.0 Å². The van der Waals surface area contributed by atoms with Crippen molar-refractivity contribution in [3.05, 3.63) is 53.5 Å². The number of fused-ring (bicyclic) bond motifs is 1. The molecule has 122 valence electrons. The number of amides is 1. The number of nitrogens with one attached hydrogen (secondary N) is 1. The maximum Gasteiger partial charge on any atom is 0.230 e. The fraction of sp³-hybridized carbons (Fsp3) is 0.389. The van der Waals surface area contributed by atoms with Gasteiger partial charge in [0, 0.05) is 4.90 Å². The molecule has 0 fully saturated rings. The molecule has 4 nitrogen and oxygen atoms in total. The first-order valence-corrected chi connectivity index (χ1v) is 8.81. The third-order valence-electron chi connectivity index (χ3n) is 4.12. The second-order valence-electron chi connectivity index (χ2n) is 6.10. The van der Waals surface area contributed by atoms with E-state index >= 15 is 0 Å². The number of benzene rings is 1. The first-order valence-electron chi connectivity index (χ1n) is 7.82. The van der Waals surface area contributed by atoms with Crippen molar-refractivity contribution in [1.29, 1.82) is 0 Å². The molecule has 0 spiro atoms. The molecule has 1 aromatic heterocycles. The van der Waals surface area contributed by atoms with Crippen LogP contribution in [0.1, 0.15) is 30.2 Å². The van der Waals surface area contributed by atoms with Gasteiger partial charge in [0.1, 0.15) is 11.4 Å². The molecule has 0 bridgehead atoms. The van der Waals surface area contributed by atoms with Crippen molar-refractivity contribution in [1.82, 2.24) is 5.32 Å². The van der Waals surface area contributed by atoms with Crippen molar-refractivity contribution >= 4 is 17.7 Å². The molecule has 1 aliphatic rings. The van der Waals surface area contributed by atoms with Crippen molar-refractivity contribution in [2.75, 3.05) is 12.3 Å². The minimum absolute atomic E-state index is 0.0951. The Morgan fingerprint density at radius 1 is 1.35 bits per heavy atom. The van der Waals surface area contributed by atoms with Crippen LogP contribution in [-0.2, 0) is 23.2 Å². The van der Waals surface area contributed by atoms with Crippen LogP contribution >= 0.6 is 11.8 Å². The largest absolute Gasteiger partial charge is 0.466 e. The highest BCUT2D eigenvalue weighted by Crippen LogP contribution is 2.27. The molecule has 1 unspecified atom stereocenters. The summed E-state index contributed by atoms with van der Waals surface area (Å²) < 4.78 is 5.20. The fourth-order valence-electron chi connectivity index (χ4n) is 2.78. The van der Waals surface area contributed by atoms with Crippen molar-refractivity contribution in [3.63, 3.8) is 0 Å². The van der Waals surface area contributed by atoms with Crippen LogP contribution in [0.15, 0.2) is 45.9 Å². The van der Waals surface area contributed by atoms with E-state index in [2.05, 4.69) is 23.5 Å². The first kappa shape index (κ1) is 16.1. The molecule has 2 N–H and O–H groups in total. The summed E-state index contributed by atoms with van der Waals surface area (Å²) in [7, 11) is 0. The number of hydrogen-bond acceptors (Lipinski definition) is 4. The predicted octanol–water partition coefficient (Wildman–Crippen LogP) is 2.88. The second-order valence-corrected chi connectivity index (χ2v) is 7.15. The lowest BCUT2D eigenvalue weighted by Crippen LogP contribution is -2.39. The molecule has 2 aromatic rings. The van der Waals surface area contributed by atoms with Crippen molar-refractivity contribution in [2.45, 2.75) is 36.7 Å². The maximum atomic E-state index is 12.0. The van der Waals surface area contributed by atoms with E-state index in [4.69, 9.17) is 4.42 Å². The quantitative estimate of drug-likeness (QED) is 0.799. The molecule has 23 heavy (non-hydrogen) atoms. The summed E-state index contributed by atoms with van der Waals surface area (Å²) in [5.41, 5.74) is 1.65. The minimum Gasteiger partial charge on any atom is -0.466 e. The number of thioether (sulfide) groups is 1. The average Bonchev–Trinajstić information content (AvgIpc) is 3.21. The van der Waals surface area contributed by atoms with E-state index in [1.807, 2.05) is 0 Å². The van der Waals surface area contributed by atoms with Gasteiger partial charge in [-0.3, -0.25) is 4.79 Å². The highest BCUT2D eigenvalue weighted by molar-refractivity contribution is 8.00. The molecule has 1 heterocycles. The Labute approximate surface area is 140 Å². The molecule has 0 radical (unpaired) electrons. The smallest absolute Gasteiger partial charge is 0.230 e. The third kappa shape index (κ3) is 3.98. The Balaban J connectivity index is 1.48. The van der Waals surface area contributed by atoms with Crippen molar-refractivity contribution in [2.24, 2.45) is 0 Å². The molecular formula is C18H21NO3S. The number of hydrogen-bond donors (Lipinski definition) is 2. The van der Waals surface area contributed by atoms with E-state index in [1.54, 1.807) is 19.1 Å². The van der Waals surface area contributed by atoms with Gasteiger partial charge in [-0.25, -0.2) is 0 Å². The summed E-state index contributed by atoms with van der Waals surface area (Å²) >= 11 is 1.53. The van der Waals surface area contributed by atoms with Gasteiger partial charge in [0.15, 0.2) is 0 Å². The summed E-state index contributed by atoms with van der Waals surface area (Å²) in [6.45, 7) is 1.75. The normalized spacial score (nSPS) is 15.9. The van der Waals surface area contributed by atoms with E-state index in [9.17, 15) is 9.90 Å². The van der Waals surface area contributed by atoms with Crippen molar-refractivity contribution in [3.8, 4) is 0 Å². The van der Waals surface area contributed by atoms with Gasteiger partial charge in [0.25, 0.3) is 0 Å². The van der Waals surface area contributed by atoms with Gasteiger partial charge in [-0.15, -0.1) is 11.8 Å². The zero-order chi connectivity index (χ0) is 16.3. The van der Waals surface area contributed by atoms with Crippen LogP contribution in [0.3, 0.4) is 0 Å². The minimum atomic E-state index is -1.20. The number of carbonyl (C=O) groups excluding carboxylic acids is 1. The zero-order valence-electron chi connectivity index (χ0n) is 13.2. The Morgan fingerprint density at radius 3 is 2.96 bits per heavy atom. The lowest BCUT2D eigenvalue weighted by Gasteiger charge is -2.21. The third-order valence-corrected chi connectivity index (χ3v) is 5.12. The molecule has 3 rings (SSSR count). The van der Waals surface area contributed by atoms with Crippen molar-refractivity contribution < 1.29 is 14.3 Å². The van der Waals surface area contributed by atoms with Gasteiger partial charge in [-0.2, -0.15) is 0 Å². The van der Waals surface area contributed by atoms with Crippen LogP contribution in [-0.4, -0.2) is 23.3 Å². The fourth-order valence-corrected chi connectivity index (χ4v) is 3.57. The Morgan fingerprint density at radius 2 is 2.17 bits per heavy atom. The number of furan rings is 1. The monoisotopic (exact) mass is 331 g/mol. The molecule has 5 heteroatoms. The van der Waals surface area contributed by atoms with Gasteiger partial charge in [-0.05, 0) is 61.6 Å². The van der Waals surface area contributed by atoms with E-state index in [0.717, 1.165) is 11.3 Å². The summed E-state index contributed by atoms with van der Waals surface area (Å²) in [4.78, 5) is 13.1. The lowest BCUT2D eigenvalue weighted by molar-refractivity contribution is -0.119. The van der Waals surface area contributed by atoms with Crippen LogP contribution in [0.5, 0.6) is 0 Å².